The Hall–Kier alpha value is -3.43. The fourth-order valence-electron chi connectivity index (χ4n) is 3.03. The van der Waals surface area contributed by atoms with Crippen molar-refractivity contribution in [3.8, 4) is 11.5 Å². The van der Waals surface area contributed by atoms with Gasteiger partial charge in [0.1, 0.15) is 12.7 Å². The first-order chi connectivity index (χ1) is 13.7. The number of aliphatic carboxylic acids is 1. The molecule has 0 aliphatic carbocycles. The van der Waals surface area contributed by atoms with E-state index in [0.717, 1.165) is 0 Å². The number of carboxylic acids is 1. The Kier molecular flexibility index (Phi) is 5.53. The lowest BCUT2D eigenvalue weighted by molar-refractivity contribution is -0.144. The summed E-state index contributed by atoms with van der Waals surface area (Å²) in [4.78, 5) is 24.1. The van der Waals surface area contributed by atoms with Crippen LogP contribution < -0.4 is 14.8 Å². The van der Waals surface area contributed by atoms with Gasteiger partial charge in [-0.15, -0.1) is 0 Å². The van der Waals surface area contributed by atoms with Gasteiger partial charge >= 0.3 is 12.1 Å². The molecule has 7 nitrogen and oxygen atoms in total. The summed E-state index contributed by atoms with van der Waals surface area (Å²) in [5.74, 6) is -1.71. The van der Waals surface area contributed by atoms with Gasteiger partial charge in [-0.05, 0) is 29.8 Å². The van der Waals surface area contributed by atoms with Crippen LogP contribution in [0.3, 0.4) is 0 Å². The van der Waals surface area contributed by atoms with Crippen molar-refractivity contribution in [3.05, 3.63) is 53.6 Å². The summed E-state index contributed by atoms with van der Waals surface area (Å²) >= 11 is 0. The smallest absolute Gasteiger partial charge is 0.406 e. The molecule has 1 aliphatic rings. The van der Waals surface area contributed by atoms with Crippen LogP contribution in [0.25, 0.3) is 0 Å². The van der Waals surface area contributed by atoms with Crippen LogP contribution in [0.2, 0.25) is 0 Å². The molecule has 1 amide bonds. The van der Waals surface area contributed by atoms with Crippen LogP contribution in [-0.2, 0) is 4.79 Å². The van der Waals surface area contributed by atoms with Crippen LogP contribution in [0, 0.1) is 0 Å². The Morgan fingerprint density at radius 2 is 1.93 bits per heavy atom. The molecule has 1 atom stereocenters. The van der Waals surface area contributed by atoms with Gasteiger partial charge in [0.25, 0.3) is 5.91 Å². The van der Waals surface area contributed by atoms with E-state index in [1.807, 2.05) is 0 Å². The third kappa shape index (κ3) is 4.53. The second kappa shape index (κ2) is 7.90. The number of hydrogen-bond donors (Lipinski definition) is 2. The van der Waals surface area contributed by atoms with Crippen LogP contribution in [0.5, 0.6) is 11.5 Å². The number of hydrogen-bond acceptors (Lipinski definition) is 5. The normalized spacial score (nSPS) is 16.1. The number of ether oxygens (including phenoxy) is 2. The Balaban J connectivity index is 2.00. The summed E-state index contributed by atoms with van der Waals surface area (Å²) in [5, 5.41) is 11.7. The van der Waals surface area contributed by atoms with Gasteiger partial charge in [0.15, 0.2) is 18.1 Å². The lowest BCUT2D eigenvalue weighted by atomic mass is 10.0. The summed E-state index contributed by atoms with van der Waals surface area (Å²) in [6.07, 6.45) is -5.71. The molecule has 2 N–H and O–H groups in total. The summed E-state index contributed by atoms with van der Waals surface area (Å²) in [7, 11) is 1.31. The highest BCUT2D eigenvalue weighted by Crippen LogP contribution is 2.38. The highest BCUT2D eigenvalue weighted by atomic mass is 19.4. The first kappa shape index (κ1) is 20.3. The van der Waals surface area contributed by atoms with Crippen LogP contribution in [0.1, 0.15) is 22.1 Å². The van der Waals surface area contributed by atoms with Crippen molar-refractivity contribution in [2.45, 2.75) is 12.3 Å². The Morgan fingerprint density at radius 1 is 1.21 bits per heavy atom. The van der Waals surface area contributed by atoms with Gasteiger partial charge in [0, 0.05) is 5.69 Å². The number of carboxylic acid groups (broad SMARTS) is 1. The van der Waals surface area contributed by atoms with E-state index in [4.69, 9.17) is 14.6 Å². The lowest BCUT2D eigenvalue weighted by Crippen LogP contribution is -2.47. The Labute approximate surface area is 163 Å². The summed E-state index contributed by atoms with van der Waals surface area (Å²) < 4.78 is 49.7. The van der Waals surface area contributed by atoms with E-state index in [2.05, 4.69) is 5.32 Å². The van der Waals surface area contributed by atoms with Gasteiger partial charge in [-0.2, -0.15) is 13.2 Å². The minimum Gasteiger partial charge on any atom is -0.493 e. The molecule has 0 unspecified atom stereocenters. The largest absolute Gasteiger partial charge is 0.493 e. The molecule has 154 valence electrons. The predicted molar refractivity (Wildman–Crippen MR) is 96.0 cm³/mol. The SMILES string of the molecule is COc1cc([C@@H]2Nc3ccccc3C(=O)N2CC(F)(F)F)ccc1OCC(=O)O. The van der Waals surface area contributed by atoms with E-state index in [1.165, 1.54) is 31.4 Å². The molecule has 0 saturated carbocycles. The number of amides is 1. The van der Waals surface area contributed by atoms with E-state index in [9.17, 15) is 22.8 Å². The molecule has 1 aliphatic heterocycles. The number of fused-ring (bicyclic) bond motifs is 1. The van der Waals surface area contributed by atoms with Crippen molar-refractivity contribution in [3.63, 3.8) is 0 Å². The monoisotopic (exact) mass is 410 g/mol. The maximum atomic E-state index is 13.1. The van der Waals surface area contributed by atoms with E-state index in [-0.39, 0.29) is 17.1 Å². The molecule has 0 bridgehead atoms. The fraction of sp³-hybridized carbons (Fsp3) is 0.263. The molecule has 2 aromatic carbocycles. The first-order valence-electron chi connectivity index (χ1n) is 8.45. The molecular formula is C19H17F3N2O5. The molecule has 0 aromatic heterocycles. The van der Waals surface area contributed by atoms with Crippen LogP contribution >= 0.6 is 0 Å². The molecular weight excluding hydrogens is 393 g/mol. The van der Waals surface area contributed by atoms with Crippen LogP contribution in [0.4, 0.5) is 18.9 Å². The van der Waals surface area contributed by atoms with Crippen molar-refractivity contribution >= 4 is 17.6 Å². The summed E-state index contributed by atoms with van der Waals surface area (Å²) in [6, 6.07) is 10.5. The second-order valence-corrected chi connectivity index (χ2v) is 6.23. The van der Waals surface area contributed by atoms with Crippen molar-refractivity contribution in [1.29, 1.82) is 0 Å². The number of carbonyl (C=O) groups excluding carboxylic acids is 1. The highest BCUT2D eigenvalue weighted by Gasteiger charge is 2.40. The summed E-state index contributed by atoms with van der Waals surface area (Å²) in [5.41, 5.74) is 0.865. The number of alkyl halides is 3. The molecule has 0 spiro atoms. The van der Waals surface area contributed by atoms with Crippen LogP contribution in [-0.4, -0.2) is 48.3 Å². The lowest BCUT2D eigenvalue weighted by Gasteiger charge is -2.38. The van der Waals surface area contributed by atoms with Crippen molar-refractivity contribution in [2.75, 3.05) is 25.6 Å². The average molecular weight is 410 g/mol. The molecule has 3 rings (SSSR count). The molecule has 2 aromatic rings. The minimum absolute atomic E-state index is 0.114. The fourth-order valence-corrected chi connectivity index (χ4v) is 3.03. The number of benzene rings is 2. The average Bonchev–Trinajstić information content (AvgIpc) is 2.67. The number of nitrogens with one attached hydrogen (secondary N) is 1. The highest BCUT2D eigenvalue weighted by molar-refractivity contribution is 6.01. The second-order valence-electron chi connectivity index (χ2n) is 6.23. The zero-order valence-electron chi connectivity index (χ0n) is 15.2. The topological polar surface area (TPSA) is 88.1 Å². The number of methoxy groups -OCH3 is 1. The van der Waals surface area contributed by atoms with Crippen molar-refractivity contribution in [1.82, 2.24) is 4.90 Å². The molecule has 1 heterocycles. The maximum Gasteiger partial charge on any atom is 0.406 e. The first-order valence-corrected chi connectivity index (χ1v) is 8.45. The van der Waals surface area contributed by atoms with Crippen molar-refractivity contribution < 1.29 is 37.3 Å². The zero-order chi connectivity index (χ0) is 21.2. The maximum absolute atomic E-state index is 13.1. The molecule has 0 radical (unpaired) electrons. The Morgan fingerprint density at radius 3 is 2.59 bits per heavy atom. The van der Waals surface area contributed by atoms with Crippen molar-refractivity contribution in [2.24, 2.45) is 0 Å². The third-order valence-corrected chi connectivity index (χ3v) is 4.23. The Bertz CT molecular complexity index is 932. The van der Waals surface area contributed by atoms with Gasteiger partial charge in [-0.25, -0.2) is 4.79 Å². The van der Waals surface area contributed by atoms with E-state index in [1.54, 1.807) is 18.2 Å². The van der Waals surface area contributed by atoms with E-state index in [0.29, 0.717) is 16.2 Å². The quantitative estimate of drug-likeness (QED) is 0.760. The van der Waals surface area contributed by atoms with E-state index < -0.39 is 37.4 Å². The van der Waals surface area contributed by atoms with Gasteiger partial charge in [0.2, 0.25) is 0 Å². The predicted octanol–water partition coefficient (Wildman–Crippen LogP) is 3.29. The van der Waals surface area contributed by atoms with Gasteiger partial charge in [-0.1, -0.05) is 18.2 Å². The number of nitrogens with zero attached hydrogens (tertiary/aromatic N) is 1. The van der Waals surface area contributed by atoms with E-state index >= 15 is 0 Å². The molecule has 0 fully saturated rings. The zero-order valence-corrected chi connectivity index (χ0v) is 15.2. The molecule has 29 heavy (non-hydrogen) atoms. The number of anilines is 1. The number of carbonyl (C=O) groups is 2. The third-order valence-electron chi connectivity index (χ3n) is 4.23. The van der Waals surface area contributed by atoms with Gasteiger partial charge in [-0.3, -0.25) is 4.79 Å². The minimum atomic E-state index is -4.60. The number of rotatable bonds is 6. The van der Waals surface area contributed by atoms with Gasteiger partial charge < -0.3 is 24.8 Å². The summed E-state index contributed by atoms with van der Waals surface area (Å²) in [6.45, 7) is -2.05. The number of para-hydroxylation sites is 1. The number of halogens is 3. The van der Waals surface area contributed by atoms with Gasteiger partial charge in [0.05, 0.1) is 12.7 Å². The van der Waals surface area contributed by atoms with Crippen LogP contribution in [0.15, 0.2) is 42.5 Å². The standard InChI is InChI=1S/C19H17F3N2O5/c1-28-15-8-11(6-7-14(15)29-9-16(25)26)17-23-13-5-3-2-4-12(13)18(27)24(17)10-19(20,21)22/h2-8,17,23H,9-10H2,1H3,(H,25,26)/t17-/m1/s1. The molecule has 10 heteroatoms. The molecule has 0 saturated heterocycles.